The highest BCUT2D eigenvalue weighted by molar-refractivity contribution is 5.95. The number of fused-ring (bicyclic) bond motifs is 1. The number of aryl methyl sites for hydroxylation is 1. The molecule has 5 rings (SSSR count). The van der Waals surface area contributed by atoms with Gasteiger partial charge >= 0.3 is 0 Å². The molecule has 0 aliphatic heterocycles. The topological polar surface area (TPSA) is 71.8 Å². The summed E-state index contributed by atoms with van der Waals surface area (Å²) in [6.07, 6.45) is 2.05. The molecule has 3 aromatic carbocycles. The Kier molecular flexibility index (Phi) is 6.03. The van der Waals surface area contributed by atoms with Crippen LogP contribution in [0.5, 0.6) is 0 Å². The number of hydrogen-bond acceptors (Lipinski definition) is 4. The van der Waals surface area contributed by atoms with Crippen molar-refractivity contribution in [1.82, 2.24) is 19.9 Å². The number of aromatic nitrogens is 3. The molecular formula is C28H25N5O. The predicted octanol–water partition coefficient (Wildman–Crippen LogP) is 5.58. The zero-order valence-corrected chi connectivity index (χ0v) is 18.9. The van der Waals surface area contributed by atoms with Crippen molar-refractivity contribution in [2.24, 2.45) is 0 Å². The van der Waals surface area contributed by atoms with E-state index in [0.29, 0.717) is 30.3 Å². The molecule has 0 radical (unpaired) electrons. The first-order chi connectivity index (χ1) is 16.7. The van der Waals surface area contributed by atoms with E-state index in [1.54, 1.807) is 0 Å². The maximum Gasteiger partial charge on any atom is 0.251 e. The second-order valence-corrected chi connectivity index (χ2v) is 8.08. The van der Waals surface area contributed by atoms with E-state index in [0.717, 1.165) is 22.5 Å². The molecule has 0 saturated carbocycles. The summed E-state index contributed by atoms with van der Waals surface area (Å²) in [7, 11) is 0. The Bertz CT molecular complexity index is 1440. The van der Waals surface area contributed by atoms with E-state index in [1.807, 2.05) is 79.7 Å². The summed E-state index contributed by atoms with van der Waals surface area (Å²) in [4.78, 5) is 21.8. The van der Waals surface area contributed by atoms with Crippen LogP contribution < -0.4 is 10.6 Å². The van der Waals surface area contributed by atoms with Gasteiger partial charge in [0.15, 0.2) is 0 Å². The smallest absolute Gasteiger partial charge is 0.251 e. The van der Waals surface area contributed by atoms with Crippen LogP contribution in [0.3, 0.4) is 0 Å². The SMILES string of the molecule is Cc1nc(Nc2cccc(C(=O)NCCn3ccc4ccccc43)c2)cc(-c2ccccc2)n1. The van der Waals surface area contributed by atoms with Gasteiger partial charge in [-0.15, -0.1) is 0 Å². The number of carbonyl (C=O) groups is 1. The van der Waals surface area contributed by atoms with Gasteiger partial charge in [-0.25, -0.2) is 9.97 Å². The largest absolute Gasteiger partial charge is 0.350 e. The Labute approximate surface area is 198 Å². The number of nitrogens with one attached hydrogen (secondary N) is 2. The monoisotopic (exact) mass is 447 g/mol. The lowest BCUT2D eigenvalue weighted by atomic mass is 10.1. The van der Waals surface area contributed by atoms with Crippen molar-refractivity contribution in [3.63, 3.8) is 0 Å². The van der Waals surface area contributed by atoms with E-state index in [-0.39, 0.29) is 5.91 Å². The molecule has 2 N–H and O–H groups in total. The van der Waals surface area contributed by atoms with Crippen molar-refractivity contribution < 1.29 is 4.79 Å². The van der Waals surface area contributed by atoms with Gasteiger partial charge in [0.25, 0.3) is 5.91 Å². The van der Waals surface area contributed by atoms with E-state index >= 15 is 0 Å². The first kappa shape index (κ1) is 21.4. The molecule has 0 spiro atoms. The van der Waals surface area contributed by atoms with Crippen LogP contribution in [-0.2, 0) is 6.54 Å². The molecule has 0 saturated heterocycles. The van der Waals surface area contributed by atoms with Crippen molar-refractivity contribution >= 4 is 28.3 Å². The number of anilines is 2. The molecule has 0 fully saturated rings. The molecule has 168 valence electrons. The Morgan fingerprint density at radius 2 is 1.71 bits per heavy atom. The fraction of sp³-hybridized carbons (Fsp3) is 0.107. The van der Waals surface area contributed by atoms with Gasteiger partial charge in [-0.05, 0) is 42.6 Å². The summed E-state index contributed by atoms with van der Waals surface area (Å²) in [6.45, 7) is 3.12. The van der Waals surface area contributed by atoms with E-state index < -0.39 is 0 Å². The Hall–Kier alpha value is -4.45. The van der Waals surface area contributed by atoms with Gasteiger partial charge in [0, 0.05) is 47.7 Å². The minimum atomic E-state index is -0.107. The number of hydrogen-bond donors (Lipinski definition) is 2. The van der Waals surface area contributed by atoms with Crippen LogP contribution in [0.4, 0.5) is 11.5 Å². The molecule has 0 aliphatic carbocycles. The lowest BCUT2D eigenvalue weighted by Crippen LogP contribution is -2.27. The fourth-order valence-electron chi connectivity index (χ4n) is 4.00. The van der Waals surface area contributed by atoms with Crippen molar-refractivity contribution in [1.29, 1.82) is 0 Å². The molecule has 0 unspecified atom stereocenters. The van der Waals surface area contributed by atoms with E-state index in [2.05, 4.69) is 49.6 Å². The third-order valence-electron chi connectivity index (χ3n) is 5.62. The van der Waals surface area contributed by atoms with E-state index in [1.165, 1.54) is 5.39 Å². The quantitative estimate of drug-likeness (QED) is 0.342. The zero-order chi connectivity index (χ0) is 23.3. The summed E-state index contributed by atoms with van der Waals surface area (Å²) in [6, 6.07) is 29.7. The third-order valence-corrected chi connectivity index (χ3v) is 5.62. The van der Waals surface area contributed by atoms with Crippen molar-refractivity contribution in [2.75, 3.05) is 11.9 Å². The second kappa shape index (κ2) is 9.58. The fourth-order valence-corrected chi connectivity index (χ4v) is 4.00. The maximum atomic E-state index is 12.8. The van der Waals surface area contributed by atoms with Gasteiger partial charge in [0.05, 0.1) is 5.69 Å². The predicted molar refractivity (Wildman–Crippen MR) is 136 cm³/mol. The van der Waals surface area contributed by atoms with Crippen LogP contribution in [0.25, 0.3) is 22.2 Å². The highest BCUT2D eigenvalue weighted by atomic mass is 16.1. The Morgan fingerprint density at radius 1 is 0.882 bits per heavy atom. The van der Waals surface area contributed by atoms with Crippen molar-refractivity contribution in [3.05, 3.63) is 109 Å². The summed E-state index contributed by atoms with van der Waals surface area (Å²) in [5.74, 6) is 1.25. The van der Waals surface area contributed by atoms with Gasteiger partial charge in [-0.2, -0.15) is 0 Å². The van der Waals surface area contributed by atoms with Crippen LogP contribution >= 0.6 is 0 Å². The maximum absolute atomic E-state index is 12.8. The molecule has 0 aliphatic rings. The van der Waals surface area contributed by atoms with Crippen LogP contribution in [0, 0.1) is 6.92 Å². The molecule has 1 amide bonds. The standard InChI is InChI=1S/C28H25N5O/c1-20-30-25(21-8-3-2-4-9-21)19-27(31-20)32-24-12-7-11-23(18-24)28(34)29-15-17-33-16-14-22-10-5-6-13-26(22)33/h2-14,16,18-19H,15,17H2,1H3,(H,29,34)(H,30,31,32). The molecule has 6 nitrogen and oxygen atoms in total. The Balaban J connectivity index is 1.25. The number of rotatable bonds is 7. The first-order valence-electron chi connectivity index (χ1n) is 11.3. The minimum Gasteiger partial charge on any atom is -0.350 e. The molecular weight excluding hydrogens is 422 g/mol. The van der Waals surface area contributed by atoms with Crippen LogP contribution in [0.15, 0.2) is 97.2 Å². The molecule has 0 atom stereocenters. The number of para-hydroxylation sites is 1. The highest BCUT2D eigenvalue weighted by Gasteiger charge is 2.09. The van der Waals surface area contributed by atoms with Crippen LogP contribution in [0.1, 0.15) is 16.2 Å². The van der Waals surface area contributed by atoms with Crippen molar-refractivity contribution in [2.45, 2.75) is 13.5 Å². The second-order valence-electron chi connectivity index (χ2n) is 8.08. The summed E-state index contributed by atoms with van der Waals surface area (Å²) >= 11 is 0. The normalized spacial score (nSPS) is 10.9. The van der Waals surface area contributed by atoms with Crippen molar-refractivity contribution in [3.8, 4) is 11.3 Å². The molecule has 2 aromatic heterocycles. The summed E-state index contributed by atoms with van der Waals surface area (Å²) in [5.41, 5.74) is 4.43. The van der Waals surface area contributed by atoms with Gasteiger partial charge in [-0.1, -0.05) is 54.6 Å². The number of carbonyl (C=O) groups excluding carboxylic acids is 1. The summed E-state index contributed by atoms with van der Waals surface area (Å²) < 4.78 is 2.15. The average molecular weight is 448 g/mol. The summed E-state index contributed by atoms with van der Waals surface area (Å²) in [5, 5.41) is 7.53. The molecule has 6 heteroatoms. The molecule has 5 aromatic rings. The third kappa shape index (κ3) is 4.81. The zero-order valence-electron chi connectivity index (χ0n) is 18.9. The minimum absolute atomic E-state index is 0.107. The lowest BCUT2D eigenvalue weighted by Gasteiger charge is -2.11. The number of benzene rings is 3. The van der Waals surface area contributed by atoms with E-state index in [4.69, 9.17) is 0 Å². The van der Waals surface area contributed by atoms with Gasteiger partial charge in [-0.3, -0.25) is 4.79 Å². The van der Waals surface area contributed by atoms with Gasteiger partial charge in [0.1, 0.15) is 11.6 Å². The average Bonchev–Trinajstić information content (AvgIpc) is 3.27. The van der Waals surface area contributed by atoms with Gasteiger partial charge in [0.2, 0.25) is 0 Å². The first-order valence-corrected chi connectivity index (χ1v) is 11.3. The molecule has 2 heterocycles. The highest BCUT2D eigenvalue weighted by Crippen LogP contribution is 2.22. The van der Waals surface area contributed by atoms with Crippen LogP contribution in [-0.4, -0.2) is 27.0 Å². The van der Waals surface area contributed by atoms with Gasteiger partial charge < -0.3 is 15.2 Å². The van der Waals surface area contributed by atoms with Crippen LogP contribution in [0.2, 0.25) is 0 Å². The number of amides is 1. The Morgan fingerprint density at radius 3 is 2.59 bits per heavy atom. The van der Waals surface area contributed by atoms with E-state index in [9.17, 15) is 4.79 Å². The lowest BCUT2D eigenvalue weighted by molar-refractivity contribution is 0.0952. The molecule has 34 heavy (non-hydrogen) atoms. The molecule has 0 bridgehead atoms. The number of nitrogens with zero attached hydrogens (tertiary/aromatic N) is 3.